The number of pyridine rings is 1. The maximum atomic E-state index is 13.0. The van der Waals surface area contributed by atoms with Gasteiger partial charge in [0, 0.05) is 23.9 Å². The van der Waals surface area contributed by atoms with Crippen LogP contribution >= 0.6 is 0 Å². The smallest absolute Gasteiger partial charge is 0.267 e. The summed E-state index contributed by atoms with van der Waals surface area (Å²) in [6, 6.07) is 9.30. The average Bonchev–Trinajstić information content (AvgIpc) is 2.77. The number of carbonyl (C=O) groups is 2. The van der Waals surface area contributed by atoms with Crippen LogP contribution in [-0.2, 0) is 4.79 Å². The molecule has 2 heterocycles. The molecule has 31 heavy (non-hydrogen) atoms. The predicted molar refractivity (Wildman–Crippen MR) is 114 cm³/mol. The number of rotatable bonds is 7. The number of aromatic nitrogens is 3. The molecule has 0 radical (unpaired) electrons. The zero-order valence-electron chi connectivity index (χ0n) is 17.3. The SMILES string of the molecule is CC.CC(Nc1cc(C(N)=O)nc(-c2ccc(Oc3ccc(F)cc3)nc2)n1)C(N)=O. The normalized spacial score (nSPS) is 11.0. The molecule has 3 rings (SSSR count). The van der Waals surface area contributed by atoms with Gasteiger partial charge in [-0.25, -0.2) is 19.3 Å². The number of hydrogen-bond acceptors (Lipinski definition) is 7. The molecule has 1 aromatic carbocycles. The first-order valence-electron chi connectivity index (χ1n) is 9.46. The van der Waals surface area contributed by atoms with Crippen LogP contribution in [0.4, 0.5) is 10.2 Å². The lowest BCUT2D eigenvalue weighted by molar-refractivity contribution is -0.118. The third kappa shape index (κ3) is 6.46. The van der Waals surface area contributed by atoms with Gasteiger partial charge in [-0.3, -0.25) is 9.59 Å². The Morgan fingerprint density at radius 2 is 1.74 bits per heavy atom. The highest BCUT2D eigenvalue weighted by Crippen LogP contribution is 2.23. The first-order valence-corrected chi connectivity index (χ1v) is 9.46. The summed E-state index contributed by atoms with van der Waals surface area (Å²) in [5.41, 5.74) is 11.0. The van der Waals surface area contributed by atoms with Crippen molar-refractivity contribution in [3.63, 3.8) is 0 Å². The molecule has 0 fully saturated rings. The van der Waals surface area contributed by atoms with Crippen molar-refractivity contribution in [3.8, 4) is 23.0 Å². The molecule has 0 saturated carbocycles. The molecule has 2 aromatic heterocycles. The topological polar surface area (TPSA) is 146 Å². The maximum Gasteiger partial charge on any atom is 0.267 e. The first kappa shape index (κ1) is 23.2. The van der Waals surface area contributed by atoms with Crippen molar-refractivity contribution in [2.45, 2.75) is 26.8 Å². The van der Waals surface area contributed by atoms with E-state index in [4.69, 9.17) is 16.2 Å². The van der Waals surface area contributed by atoms with Crippen LogP contribution in [-0.4, -0.2) is 32.8 Å². The number of nitrogens with two attached hydrogens (primary N) is 2. The molecule has 0 aliphatic carbocycles. The van der Waals surface area contributed by atoms with Gasteiger partial charge in [0.25, 0.3) is 5.91 Å². The summed E-state index contributed by atoms with van der Waals surface area (Å²) in [6.45, 7) is 5.55. The molecule has 1 unspecified atom stereocenters. The Kier molecular flexibility index (Phi) is 7.95. The van der Waals surface area contributed by atoms with E-state index >= 15 is 0 Å². The minimum Gasteiger partial charge on any atom is -0.439 e. The van der Waals surface area contributed by atoms with Gasteiger partial charge in [-0.1, -0.05) is 13.8 Å². The summed E-state index contributed by atoms with van der Waals surface area (Å²) in [4.78, 5) is 35.4. The number of ether oxygens (including phenoxy) is 1. The van der Waals surface area contributed by atoms with Gasteiger partial charge in [0.2, 0.25) is 11.8 Å². The predicted octanol–water partition coefficient (Wildman–Crippen LogP) is 2.88. The van der Waals surface area contributed by atoms with Crippen LogP contribution in [0.5, 0.6) is 11.6 Å². The summed E-state index contributed by atoms with van der Waals surface area (Å²) in [6.07, 6.45) is 1.44. The number of hydrogen-bond donors (Lipinski definition) is 3. The lowest BCUT2D eigenvalue weighted by Gasteiger charge is -2.12. The van der Waals surface area contributed by atoms with E-state index in [9.17, 15) is 14.0 Å². The molecule has 0 aliphatic rings. The van der Waals surface area contributed by atoms with Crippen molar-refractivity contribution in [2.75, 3.05) is 5.32 Å². The third-order valence-corrected chi connectivity index (χ3v) is 3.80. The molecule has 0 saturated heterocycles. The molecule has 3 aromatic rings. The second-order valence-electron chi connectivity index (χ2n) is 6.04. The molecule has 1 atom stereocenters. The average molecular weight is 426 g/mol. The van der Waals surface area contributed by atoms with Crippen molar-refractivity contribution in [2.24, 2.45) is 11.5 Å². The fraction of sp³-hybridized carbons (Fsp3) is 0.190. The van der Waals surface area contributed by atoms with Crippen LogP contribution in [0, 0.1) is 5.82 Å². The molecule has 0 aliphatic heterocycles. The Morgan fingerprint density at radius 1 is 1.06 bits per heavy atom. The van der Waals surface area contributed by atoms with Gasteiger partial charge in [0.1, 0.15) is 29.1 Å². The second-order valence-corrected chi connectivity index (χ2v) is 6.04. The number of nitrogens with one attached hydrogen (secondary N) is 1. The molecular weight excluding hydrogens is 403 g/mol. The highest BCUT2D eigenvalue weighted by Gasteiger charge is 2.15. The van der Waals surface area contributed by atoms with E-state index < -0.39 is 17.9 Å². The van der Waals surface area contributed by atoms with Gasteiger partial charge in [0.05, 0.1) is 0 Å². The summed E-state index contributed by atoms with van der Waals surface area (Å²) in [5, 5.41) is 2.79. The van der Waals surface area contributed by atoms with Crippen LogP contribution in [0.2, 0.25) is 0 Å². The largest absolute Gasteiger partial charge is 0.439 e. The first-order chi connectivity index (χ1) is 14.8. The Labute approximate surface area is 178 Å². The summed E-state index contributed by atoms with van der Waals surface area (Å²) in [5.74, 6) is -0.648. The van der Waals surface area contributed by atoms with Crippen molar-refractivity contribution >= 4 is 17.6 Å². The van der Waals surface area contributed by atoms with Gasteiger partial charge in [-0.2, -0.15) is 0 Å². The molecule has 5 N–H and O–H groups in total. The number of primary amides is 2. The van der Waals surface area contributed by atoms with Crippen LogP contribution in [0.25, 0.3) is 11.4 Å². The van der Waals surface area contributed by atoms with Crippen molar-refractivity contribution in [1.29, 1.82) is 0 Å². The quantitative estimate of drug-likeness (QED) is 0.526. The number of carbonyl (C=O) groups excluding carboxylic acids is 2. The van der Waals surface area contributed by atoms with Crippen molar-refractivity contribution in [3.05, 3.63) is 60.2 Å². The number of anilines is 1. The number of halogens is 1. The third-order valence-electron chi connectivity index (χ3n) is 3.80. The molecule has 2 amide bonds. The summed E-state index contributed by atoms with van der Waals surface area (Å²) >= 11 is 0. The summed E-state index contributed by atoms with van der Waals surface area (Å²) in [7, 11) is 0. The minimum atomic E-state index is -0.757. The molecule has 0 spiro atoms. The number of nitrogens with zero attached hydrogens (tertiary/aromatic N) is 3. The fourth-order valence-electron chi connectivity index (χ4n) is 2.27. The lowest BCUT2D eigenvalue weighted by Crippen LogP contribution is -2.33. The highest BCUT2D eigenvalue weighted by molar-refractivity contribution is 5.92. The summed E-state index contributed by atoms with van der Waals surface area (Å²) < 4.78 is 18.5. The van der Waals surface area contributed by atoms with Gasteiger partial charge in [-0.15, -0.1) is 0 Å². The van der Waals surface area contributed by atoms with Gasteiger partial charge in [0.15, 0.2) is 5.82 Å². The van der Waals surface area contributed by atoms with E-state index in [1.807, 2.05) is 13.8 Å². The van der Waals surface area contributed by atoms with Crippen LogP contribution < -0.4 is 21.5 Å². The molecule has 162 valence electrons. The molecule has 10 heteroatoms. The zero-order chi connectivity index (χ0) is 23.0. The monoisotopic (exact) mass is 426 g/mol. The van der Waals surface area contributed by atoms with E-state index in [0.29, 0.717) is 11.3 Å². The molecule has 0 bridgehead atoms. The van der Waals surface area contributed by atoms with Crippen molar-refractivity contribution in [1.82, 2.24) is 15.0 Å². The van der Waals surface area contributed by atoms with Crippen LogP contribution in [0.15, 0.2) is 48.7 Å². The Bertz CT molecular complexity index is 1040. The molecular formula is C21H23FN6O3. The number of amides is 2. The molecule has 9 nitrogen and oxygen atoms in total. The highest BCUT2D eigenvalue weighted by atomic mass is 19.1. The zero-order valence-corrected chi connectivity index (χ0v) is 17.3. The lowest BCUT2D eigenvalue weighted by atomic mass is 10.2. The van der Waals surface area contributed by atoms with Crippen molar-refractivity contribution < 1.29 is 18.7 Å². The number of benzene rings is 1. The van der Waals surface area contributed by atoms with E-state index in [1.54, 1.807) is 19.1 Å². The van der Waals surface area contributed by atoms with E-state index in [-0.39, 0.29) is 29.0 Å². The maximum absolute atomic E-state index is 13.0. The Hall–Kier alpha value is -4.08. The minimum absolute atomic E-state index is 0.0409. The van der Waals surface area contributed by atoms with Crippen LogP contribution in [0.3, 0.4) is 0 Å². The van der Waals surface area contributed by atoms with E-state index in [1.165, 1.54) is 36.5 Å². The van der Waals surface area contributed by atoms with Gasteiger partial charge >= 0.3 is 0 Å². The fourth-order valence-corrected chi connectivity index (χ4v) is 2.27. The van der Waals surface area contributed by atoms with Crippen LogP contribution in [0.1, 0.15) is 31.3 Å². The Balaban J connectivity index is 0.00000166. The van der Waals surface area contributed by atoms with E-state index in [0.717, 1.165) is 0 Å². The standard InChI is InChI=1S/C19H17FN6O3.C2H6/c1-10(17(21)27)24-15-8-14(18(22)28)25-19(26-15)11-2-7-16(23-9-11)29-13-5-3-12(20)4-6-13;1-2/h2-10H,1H3,(H2,21,27)(H2,22,28)(H,24,25,26);1-2H3. The van der Waals surface area contributed by atoms with Gasteiger partial charge in [-0.05, 0) is 37.3 Å². The van der Waals surface area contributed by atoms with Gasteiger partial charge < -0.3 is 21.5 Å². The van der Waals surface area contributed by atoms with E-state index in [2.05, 4.69) is 20.3 Å². The Morgan fingerprint density at radius 3 is 2.29 bits per heavy atom. The second kappa shape index (κ2) is 10.6.